The maximum Gasteiger partial charge on any atom is 0.472 e. The molecule has 2 atom stereocenters. The highest BCUT2D eigenvalue weighted by Crippen LogP contribution is 2.43. The normalized spacial score (nSPS) is 14.6. The molecule has 0 rings (SSSR count). The quantitative estimate of drug-likeness (QED) is 0.0590. The standard InChI is InChI=1S/C25H52FO6PSi/c1-5-6-7-8-9-10-11-12-13-14-15-16-17-19-25(27)32-24(22-26)23-31-33(28,29)30-20-18-21-34(2,3)4/h24H,5-23H2,1-4H3,(H,28,29)/t24-/m1/s1. The molecule has 0 aromatic carbocycles. The lowest BCUT2D eigenvalue weighted by molar-refractivity contribution is -0.152. The van der Waals surface area contributed by atoms with Gasteiger partial charge >= 0.3 is 13.8 Å². The number of halogens is 1. The van der Waals surface area contributed by atoms with E-state index in [4.69, 9.17) is 13.8 Å². The van der Waals surface area contributed by atoms with Gasteiger partial charge in [0.15, 0.2) is 6.10 Å². The fourth-order valence-electron chi connectivity index (χ4n) is 3.64. The monoisotopic (exact) mass is 526 g/mol. The topological polar surface area (TPSA) is 82.1 Å². The lowest BCUT2D eigenvalue weighted by atomic mass is 10.0. The van der Waals surface area contributed by atoms with E-state index in [1.54, 1.807) is 0 Å². The summed E-state index contributed by atoms with van der Waals surface area (Å²) < 4.78 is 39.9. The third-order valence-corrected chi connectivity index (χ3v) is 8.54. The molecule has 204 valence electrons. The second-order valence-electron chi connectivity index (χ2n) is 10.5. The smallest absolute Gasteiger partial charge is 0.457 e. The van der Waals surface area contributed by atoms with E-state index in [0.717, 1.165) is 18.9 Å². The molecule has 0 spiro atoms. The Hall–Kier alpha value is -0.273. The third kappa shape index (κ3) is 23.5. The zero-order valence-corrected chi connectivity index (χ0v) is 24.2. The lowest BCUT2D eigenvalue weighted by Crippen LogP contribution is -2.25. The molecule has 0 aromatic rings. The summed E-state index contributed by atoms with van der Waals surface area (Å²) in [5.41, 5.74) is 0. The average Bonchev–Trinajstić information content (AvgIpc) is 2.77. The Labute approximate surface area is 209 Å². The van der Waals surface area contributed by atoms with Crippen LogP contribution in [-0.4, -0.2) is 44.9 Å². The molecular weight excluding hydrogens is 474 g/mol. The number of ether oxygens (including phenoxy) is 1. The van der Waals surface area contributed by atoms with Crippen LogP contribution >= 0.6 is 7.82 Å². The fourth-order valence-corrected chi connectivity index (χ4v) is 5.63. The van der Waals surface area contributed by atoms with Gasteiger partial charge in [-0.2, -0.15) is 0 Å². The number of carbonyl (C=O) groups excluding carboxylic acids is 1. The van der Waals surface area contributed by atoms with Crippen molar-refractivity contribution < 1.29 is 32.4 Å². The summed E-state index contributed by atoms with van der Waals surface area (Å²) >= 11 is 0. The first-order valence-electron chi connectivity index (χ1n) is 13.5. The minimum atomic E-state index is -4.28. The molecule has 0 aliphatic heterocycles. The van der Waals surface area contributed by atoms with Crippen LogP contribution in [0.4, 0.5) is 4.39 Å². The Balaban J connectivity index is 3.75. The zero-order valence-electron chi connectivity index (χ0n) is 22.3. The van der Waals surface area contributed by atoms with Crippen molar-refractivity contribution in [2.45, 2.75) is 135 Å². The van der Waals surface area contributed by atoms with Crippen LogP contribution in [0.2, 0.25) is 25.7 Å². The largest absolute Gasteiger partial charge is 0.472 e. The molecule has 0 saturated carbocycles. The van der Waals surface area contributed by atoms with Crippen molar-refractivity contribution in [3.05, 3.63) is 0 Å². The van der Waals surface area contributed by atoms with E-state index in [0.29, 0.717) is 12.8 Å². The summed E-state index contributed by atoms with van der Waals surface area (Å²) in [6, 6.07) is 0.969. The molecule has 1 N–H and O–H groups in total. The van der Waals surface area contributed by atoms with E-state index < -0.39 is 41.3 Å². The first-order chi connectivity index (χ1) is 16.1. The van der Waals surface area contributed by atoms with E-state index in [1.807, 2.05) is 0 Å². The second kappa shape index (κ2) is 20.9. The number of carbonyl (C=O) groups is 1. The van der Waals surface area contributed by atoms with Gasteiger partial charge in [-0.1, -0.05) is 110 Å². The van der Waals surface area contributed by atoms with Crippen molar-refractivity contribution in [2.75, 3.05) is 19.9 Å². The van der Waals surface area contributed by atoms with Crippen molar-refractivity contribution in [3.8, 4) is 0 Å². The summed E-state index contributed by atoms with van der Waals surface area (Å²) in [4.78, 5) is 21.7. The van der Waals surface area contributed by atoms with Crippen LogP contribution in [0.1, 0.15) is 103 Å². The van der Waals surface area contributed by atoms with Crippen LogP contribution in [0.5, 0.6) is 0 Å². The van der Waals surface area contributed by atoms with Crippen molar-refractivity contribution in [3.63, 3.8) is 0 Å². The van der Waals surface area contributed by atoms with Crippen LogP contribution < -0.4 is 0 Å². The van der Waals surface area contributed by atoms with Gasteiger partial charge in [-0.05, 0) is 12.8 Å². The number of unbranched alkanes of at least 4 members (excludes halogenated alkanes) is 12. The lowest BCUT2D eigenvalue weighted by Gasteiger charge is -2.18. The molecule has 0 aromatic heterocycles. The van der Waals surface area contributed by atoms with Crippen molar-refractivity contribution in [1.29, 1.82) is 0 Å². The SMILES string of the molecule is CCCCCCCCCCCCCCCC(=O)O[C@H](CF)COP(=O)(O)OCCC[Si](C)(C)C. The first-order valence-corrected chi connectivity index (χ1v) is 18.7. The molecule has 0 amide bonds. The molecule has 0 aliphatic carbocycles. The second-order valence-corrected chi connectivity index (χ2v) is 17.6. The Bertz CT molecular complexity index is 544. The number of phosphoric ester groups is 1. The zero-order chi connectivity index (χ0) is 25.7. The molecule has 1 unspecified atom stereocenters. The maximum atomic E-state index is 13.2. The fraction of sp³-hybridized carbons (Fsp3) is 0.960. The highest BCUT2D eigenvalue weighted by molar-refractivity contribution is 7.47. The number of rotatable bonds is 24. The Morgan fingerprint density at radius 3 is 1.82 bits per heavy atom. The Morgan fingerprint density at radius 2 is 1.35 bits per heavy atom. The molecular formula is C25H52FO6PSi. The van der Waals surface area contributed by atoms with Gasteiger partial charge in [-0.15, -0.1) is 0 Å². The first kappa shape index (κ1) is 33.7. The summed E-state index contributed by atoms with van der Waals surface area (Å²) in [5.74, 6) is -0.502. The third-order valence-electron chi connectivity index (χ3n) is 5.70. The van der Waals surface area contributed by atoms with E-state index in [1.165, 1.54) is 64.2 Å². The number of alkyl halides is 1. The maximum absolute atomic E-state index is 13.2. The highest BCUT2D eigenvalue weighted by Gasteiger charge is 2.25. The van der Waals surface area contributed by atoms with Gasteiger partial charge < -0.3 is 9.63 Å². The number of esters is 1. The minimum absolute atomic E-state index is 0.108. The predicted octanol–water partition coefficient (Wildman–Crippen LogP) is 8.21. The molecule has 0 fully saturated rings. The summed E-state index contributed by atoms with van der Waals surface area (Å²) in [7, 11) is -5.52. The molecule has 0 bridgehead atoms. The van der Waals surface area contributed by atoms with Crippen LogP contribution in [0, 0.1) is 0 Å². The van der Waals surface area contributed by atoms with Crippen molar-refractivity contribution in [2.24, 2.45) is 0 Å². The minimum Gasteiger partial charge on any atom is -0.457 e. The van der Waals surface area contributed by atoms with Gasteiger partial charge in [0, 0.05) is 14.5 Å². The van der Waals surface area contributed by atoms with E-state index >= 15 is 0 Å². The predicted molar refractivity (Wildman–Crippen MR) is 141 cm³/mol. The molecule has 0 saturated heterocycles. The molecule has 34 heavy (non-hydrogen) atoms. The molecule has 0 aliphatic rings. The van der Waals surface area contributed by atoms with Gasteiger partial charge in [0.2, 0.25) is 0 Å². The van der Waals surface area contributed by atoms with Crippen LogP contribution in [0.25, 0.3) is 0 Å². The van der Waals surface area contributed by atoms with Crippen molar-refractivity contribution in [1.82, 2.24) is 0 Å². The van der Waals surface area contributed by atoms with Gasteiger partial charge in [-0.3, -0.25) is 13.8 Å². The van der Waals surface area contributed by atoms with Crippen LogP contribution in [0.3, 0.4) is 0 Å². The van der Waals surface area contributed by atoms with Gasteiger partial charge in [0.05, 0.1) is 13.2 Å². The molecule has 6 nitrogen and oxygen atoms in total. The number of phosphoric acid groups is 1. The highest BCUT2D eigenvalue weighted by atomic mass is 31.2. The molecule has 9 heteroatoms. The Kier molecular flexibility index (Phi) is 20.7. The summed E-state index contributed by atoms with van der Waals surface area (Å²) in [6.45, 7) is 7.51. The van der Waals surface area contributed by atoms with Gasteiger partial charge in [-0.25, -0.2) is 8.96 Å². The van der Waals surface area contributed by atoms with Gasteiger partial charge in [0.1, 0.15) is 6.67 Å². The summed E-state index contributed by atoms with van der Waals surface area (Å²) in [5, 5.41) is 0. The van der Waals surface area contributed by atoms with E-state index in [2.05, 4.69) is 26.6 Å². The number of hydrogen-bond donors (Lipinski definition) is 1. The van der Waals surface area contributed by atoms with Crippen LogP contribution in [-0.2, 0) is 23.1 Å². The molecule has 0 radical (unpaired) electrons. The van der Waals surface area contributed by atoms with Crippen molar-refractivity contribution >= 4 is 21.9 Å². The number of hydrogen-bond acceptors (Lipinski definition) is 5. The van der Waals surface area contributed by atoms with Crippen LogP contribution in [0.15, 0.2) is 0 Å². The van der Waals surface area contributed by atoms with E-state index in [-0.39, 0.29) is 13.0 Å². The molecule has 0 heterocycles. The van der Waals surface area contributed by atoms with E-state index in [9.17, 15) is 18.6 Å². The average molecular weight is 527 g/mol. The van der Waals surface area contributed by atoms with Gasteiger partial charge in [0.25, 0.3) is 0 Å². The summed E-state index contributed by atoms with van der Waals surface area (Å²) in [6.07, 6.45) is 15.5. The Morgan fingerprint density at radius 1 is 0.853 bits per heavy atom.